The van der Waals surface area contributed by atoms with Crippen LogP contribution >= 0.6 is 0 Å². The summed E-state index contributed by atoms with van der Waals surface area (Å²) in [5.41, 5.74) is 2.58. The van der Waals surface area contributed by atoms with Gasteiger partial charge in [0, 0.05) is 16.8 Å². The molecule has 0 amide bonds. The van der Waals surface area contributed by atoms with Gasteiger partial charge in [0.05, 0.1) is 18.4 Å². The van der Waals surface area contributed by atoms with Crippen LogP contribution in [0.4, 0.5) is 0 Å². The molecule has 2 rings (SSSR count). The Morgan fingerprint density at radius 1 is 1.39 bits per heavy atom. The van der Waals surface area contributed by atoms with E-state index in [1.807, 2.05) is 58.9 Å². The third kappa shape index (κ3) is 3.62. The van der Waals surface area contributed by atoms with Crippen molar-refractivity contribution in [3.63, 3.8) is 0 Å². The molecule has 0 unspecified atom stereocenters. The molecule has 0 aromatic carbocycles. The van der Waals surface area contributed by atoms with Gasteiger partial charge in [-0.1, -0.05) is 20.8 Å². The summed E-state index contributed by atoms with van der Waals surface area (Å²) >= 11 is 0. The SMILES string of the molecule is Cc1cc(/C=C(/C#N)C(=O)C(C)(C)C)c(C)n1Cc1ccco1. The Kier molecular flexibility index (Phi) is 4.60. The lowest BCUT2D eigenvalue weighted by Crippen LogP contribution is -2.21. The van der Waals surface area contributed by atoms with Gasteiger partial charge in [-0.2, -0.15) is 5.26 Å². The number of hydrogen-bond donors (Lipinski definition) is 0. The highest BCUT2D eigenvalue weighted by Gasteiger charge is 2.25. The molecule has 4 nitrogen and oxygen atoms in total. The van der Waals surface area contributed by atoms with Gasteiger partial charge in [0.2, 0.25) is 0 Å². The molecular formula is C19H22N2O2. The molecule has 23 heavy (non-hydrogen) atoms. The first kappa shape index (κ1) is 16.8. The molecule has 0 bridgehead atoms. The smallest absolute Gasteiger partial charge is 0.178 e. The summed E-state index contributed by atoms with van der Waals surface area (Å²) in [7, 11) is 0. The molecule has 0 N–H and O–H groups in total. The Bertz CT molecular complexity index is 779. The van der Waals surface area contributed by atoms with Crippen molar-refractivity contribution in [3.8, 4) is 6.07 Å². The van der Waals surface area contributed by atoms with Gasteiger partial charge in [0.15, 0.2) is 5.78 Å². The second-order valence-corrected chi connectivity index (χ2v) is 6.74. The predicted octanol–water partition coefficient (Wildman–Crippen LogP) is 4.27. The van der Waals surface area contributed by atoms with E-state index in [0.29, 0.717) is 6.54 Å². The molecule has 0 saturated carbocycles. The molecule has 120 valence electrons. The van der Waals surface area contributed by atoms with Crippen molar-refractivity contribution in [2.45, 2.75) is 41.2 Å². The number of nitrogens with zero attached hydrogens (tertiary/aromatic N) is 2. The number of carbonyl (C=O) groups excluding carboxylic acids is 1. The highest BCUT2D eigenvalue weighted by Crippen LogP contribution is 2.24. The lowest BCUT2D eigenvalue weighted by atomic mass is 9.86. The largest absolute Gasteiger partial charge is 0.467 e. The van der Waals surface area contributed by atoms with Crippen molar-refractivity contribution in [1.29, 1.82) is 5.26 Å². The van der Waals surface area contributed by atoms with E-state index in [-0.39, 0.29) is 11.4 Å². The van der Waals surface area contributed by atoms with Gasteiger partial charge in [-0.3, -0.25) is 4.79 Å². The van der Waals surface area contributed by atoms with Crippen molar-refractivity contribution in [1.82, 2.24) is 4.57 Å². The normalized spacial score (nSPS) is 12.3. The van der Waals surface area contributed by atoms with Crippen molar-refractivity contribution >= 4 is 11.9 Å². The first-order valence-electron chi connectivity index (χ1n) is 7.59. The fraction of sp³-hybridized carbons (Fsp3) is 0.368. The van der Waals surface area contributed by atoms with E-state index in [9.17, 15) is 10.1 Å². The summed E-state index contributed by atoms with van der Waals surface area (Å²) in [4.78, 5) is 12.3. The third-order valence-electron chi connectivity index (χ3n) is 3.85. The van der Waals surface area contributed by atoms with Crippen molar-refractivity contribution in [2.75, 3.05) is 0 Å². The molecule has 0 radical (unpaired) electrons. The van der Waals surface area contributed by atoms with Crippen LogP contribution in [-0.4, -0.2) is 10.4 Å². The van der Waals surface area contributed by atoms with Crippen LogP contribution < -0.4 is 0 Å². The molecule has 2 heterocycles. The average molecular weight is 310 g/mol. The summed E-state index contributed by atoms with van der Waals surface area (Å²) in [6, 6.07) is 7.82. The zero-order valence-corrected chi connectivity index (χ0v) is 14.3. The maximum Gasteiger partial charge on any atom is 0.178 e. The van der Waals surface area contributed by atoms with Gasteiger partial charge < -0.3 is 8.98 Å². The van der Waals surface area contributed by atoms with E-state index >= 15 is 0 Å². The summed E-state index contributed by atoms with van der Waals surface area (Å²) in [5, 5.41) is 9.33. The summed E-state index contributed by atoms with van der Waals surface area (Å²) in [5.74, 6) is 0.726. The van der Waals surface area contributed by atoms with Crippen LogP contribution in [0.15, 0.2) is 34.5 Å². The second-order valence-electron chi connectivity index (χ2n) is 6.74. The number of rotatable bonds is 4. The lowest BCUT2D eigenvalue weighted by Gasteiger charge is -2.15. The van der Waals surface area contributed by atoms with Gasteiger partial charge in [-0.05, 0) is 43.7 Å². The number of carbonyl (C=O) groups is 1. The van der Waals surface area contributed by atoms with Crippen LogP contribution in [0.1, 0.15) is 43.5 Å². The van der Waals surface area contributed by atoms with Crippen LogP contribution in [0.3, 0.4) is 0 Å². The maximum absolute atomic E-state index is 12.3. The standard InChI is InChI=1S/C19H22N2O2/c1-13-9-15(10-16(11-20)18(22)19(3,4)5)14(2)21(13)12-17-7-6-8-23-17/h6-10H,12H2,1-5H3/b16-10-. The van der Waals surface area contributed by atoms with E-state index in [4.69, 9.17) is 4.42 Å². The molecule has 0 aliphatic heterocycles. The van der Waals surface area contributed by atoms with Crippen molar-refractivity contribution in [3.05, 3.63) is 52.7 Å². The predicted molar refractivity (Wildman–Crippen MR) is 89.8 cm³/mol. The maximum atomic E-state index is 12.3. The molecular weight excluding hydrogens is 288 g/mol. The molecule has 0 saturated heterocycles. The van der Waals surface area contributed by atoms with Gasteiger partial charge in [0.1, 0.15) is 11.8 Å². The zero-order valence-electron chi connectivity index (χ0n) is 14.3. The minimum atomic E-state index is -0.568. The van der Waals surface area contributed by atoms with Gasteiger partial charge in [0.25, 0.3) is 0 Å². The van der Waals surface area contributed by atoms with Gasteiger partial charge in [-0.25, -0.2) is 0 Å². The summed E-state index contributed by atoms with van der Waals surface area (Å²) in [6.07, 6.45) is 3.34. The number of furan rings is 1. The Balaban J connectivity index is 2.39. The minimum absolute atomic E-state index is 0.143. The Labute approximate surface area is 137 Å². The van der Waals surface area contributed by atoms with E-state index in [1.54, 1.807) is 12.3 Å². The first-order chi connectivity index (χ1) is 10.7. The number of nitriles is 1. The molecule has 2 aromatic heterocycles. The summed E-state index contributed by atoms with van der Waals surface area (Å²) < 4.78 is 7.51. The molecule has 2 aromatic rings. The highest BCUT2D eigenvalue weighted by atomic mass is 16.3. The van der Waals surface area contributed by atoms with Crippen LogP contribution in [0.25, 0.3) is 6.08 Å². The number of ketones is 1. The molecule has 0 fully saturated rings. The van der Waals surface area contributed by atoms with Crippen molar-refractivity contribution < 1.29 is 9.21 Å². The van der Waals surface area contributed by atoms with E-state index in [2.05, 4.69) is 4.57 Å². The Morgan fingerprint density at radius 2 is 2.09 bits per heavy atom. The van der Waals surface area contributed by atoms with Crippen molar-refractivity contribution in [2.24, 2.45) is 5.41 Å². The molecule has 0 atom stereocenters. The quantitative estimate of drug-likeness (QED) is 0.626. The van der Waals surface area contributed by atoms with Gasteiger partial charge in [-0.15, -0.1) is 0 Å². The molecule has 0 aliphatic rings. The fourth-order valence-electron chi connectivity index (χ4n) is 2.48. The monoisotopic (exact) mass is 310 g/mol. The first-order valence-corrected chi connectivity index (χ1v) is 7.59. The number of aryl methyl sites for hydroxylation is 1. The number of allylic oxidation sites excluding steroid dienone is 1. The van der Waals surface area contributed by atoms with E-state index < -0.39 is 5.41 Å². The number of Topliss-reactive ketones (excluding diaryl/α,β-unsaturated/α-hetero) is 1. The van der Waals surface area contributed by atoms with Crippen LogP contribution in [0.5, 0.6) is 0 Å². The van der Waals surface area contributed by atoms with Crippen LogP contribution in [-0.2, 0) is 11.3 Å². The highest BCUT2D eigenvalue weighted by molar-refractivity contribution is 6.06. The lowest BCUT2D eigenvalue weighted by molar-refractivity contribution is -0.121. The molecule has 0 spiro atoms. The van der Waals surface area contributed by atoms with Crippen LogP contribution in [0, 0.1) is 30.6 Å². The number of hydrogen-bond acceptors (Lipinski definition) is 3. The van der Waals surface area contributed by atoms with E-state index in [1.165, 1.54) is 0 Å². The van der Waals surface area contributed by atoms with Gasteiger partial charge >= 0.3 is 0 Å². The second kappa shape index (κ2) is 6.29. The Hall–Kier alpha value is -2.54. The molecule has 0 aliphatic carbocycles. The number of aromatic nitrogens is 1. The average Bonchev–Trinajstić information content (AvgIpc) is 3.07. The molecule has 4 heteroatoms. The zero-order chi connectivity index (χ0) is 17.2. The topological polar surface area (TPSA) is 58.9 Å². The minimum Gasteiger partial charge on any atom is -0.467 e. The van der Waals surface area contributed by atoms with Crippen LogP contribution in [0.2, 0.25) is 0 Å². The van der Waals surface area contributed by atoms with E-state index in [0.717, 1.165) is 22.7 Å². The summed E-state index contributed by atoms with van der Waals surface area (Å²) in [6.45, 7) is 10.1. The fourth-order valence-corrected chi connectivity index (χ4v) is 2.48. The Morgan fingerprint density at radius 3 is 2.61 bits per heavy atom. The third-order valence-corrected chi connectivity index (χ3v) is 3.85.